The minimum atomic E-state index is 0.0680. The van der Waals surface area contributed by atoms with Crippen LogP contribution in [-0.2, 0) is 13.2 Å². The number of rotatable bonds is 7. The molecule has 1 aliphatic heterocycles. The van der Waals surface area contributed by atoms with Crippen LogP contribution in [0, 0.1) is 20.8 Å². The van der Waals surface area contributed by atoms with Crippen molar-refractivity contribution in [2.45, 2.75) is 33.9 Å². The van der Waals surface area contributed by atoms with Gasteiger partial charge in [0.1, 0.15) is 12.4 Å². The first kappa shape index (κ1) is 26.0. The number of carbonyl (C=O) groups is 1. The molecule has 0 aliphatic carbocycles. The van der Waals surface area contributed by atoms with Gasteiger partial charge in [-0.15, -0.1) is 0 Å². The van der Waals surface area contributed by atoms with E-state index in [1.54, 1.807) is 0 Å². The van der Waals surface area contributed by atoms with Gasteiger partial charge in [-0.3, -0.25) is 9.69 Å². The number of amides is 1. The molecule has 0 saturated carbocycles. The Morgan fingerprint density at radius 2 is 1.68 bits per heavy atom. The summed E-state index contributed by atoms with van der Waals surface area (Å²) in [6.07, 6.45) is 0. The highest BCUT2D eigenvalue weighted by Gasteiger charge is 2.24. The third kappa shape index (κ3) is 5.77. The maximum Gasteiger partial charge on any atom is 0.253 e. The monoisotopic (exact) mass is 528 g/mol. The molecule has 3 aromatic carbocycles. The Balaban J connectivity index is 1.18. The molecule has 196 valence electrons. The fourth-order valence-electron chi connectivity index (χ4n) is 4.97. The Morgan fingerprint density at radius 3 is 2.42 bits per heavy atom. The van der Waals surface area contributed by atoms with Crippen molar-refractivity contribution in [3.63, 3.8) is 0 Å². The van der Waals surface area contributed by atoms with E-state index in [-0.39, 0.29) is 5.91 Å². The SMILES string of the molecule is Cc1cc(Cl)ccc1OCc1cccc(C(=O)N2CCN(Cc3c(C)nn(-c4ccccc4)c3C)CC2)c1. The molecular weight excluding hydrogens is 496 g/mol. The zero-order valence-electron chi connectivity index (χ0n) is 22.2. The number of aryl methyl sites for hydroxylation is 2. The topological polar surface area (TPSA) is 50.6 Å². The molecule has 5 rings (SSSR count). The standard InChI is InChI=1S/C31H33ClN4O2/c1-22-18-27(32)12-13-30(22)38-21-25-8-7-9-26(19-25)31(37)35-16-14-34(15-17-35)20-29-23(2)33-36(24(29)3)28-10-5-4-6-11-28/h4-13,18-19H,14-17,20-21H2,1-3H3. The van der Waals surface area contributed by atoms with Crippen molar-refractivity contribution >= 4 is 17.5 Å². The summed E-state index contributed by atoms with van der Waals surface area (Å²) in [5, 5.41) is 5.48. The molecule has 1 saturated heterocycles. The van der Waals surface area contributed by atoms with Gasteiger partial charge in [0.15, 0.2) is 0 Å². The molecule has 0 bridgehead atoms. The van der Waals surface area contributed by atoms with Crippen LogP contribution in [-0.4, -0.2) is 51.7 Å². The van der Waals surface area contributed by atoms with Crippen LogP contribution in [0.2, 0.25) is 5.02 Å². The average molecular weight is 529 g/mol. The summed E-state index contributed by atoms with van der Waals surface area (Å²) in [6, 6.07) is 23.5. The summed E-state index contributed by atoms with van der Waals surface area (Å²) < 4.78 is 8.00. The number of para-hydroxylation sites is 1. The molecule has 1 fully saturated rings. The number of aromatic nitrogens is 2. The van der Waals surface area contributed by atoms with Gasteiger partial charge in [-0.1, -0.05) is 41.9 Å². The van der Waals surface area contributed by atoms with E-state index < -0.39 is 0 Å². The summed E-state index contributed by atoms with van der Waals surface area (Å²) in [4.78, 5) is 17.7. The third-order valence-electron chi connectivity index (χ3n) is 7.19. The number of hydrogen-bond acceptors (Lipinski definition) is 4. The maximum absolute atomic E-state index is 13.3. The molecule has 0 N–H and O–H groups in total. The lowest BCUT2D eigenvalue weighted by molar-refractivity contribution is 0.0627. The van der Waals surface area contributed by atoms with Gasteiger partial charge in [0.25, 0.3) is 5.91 Å². The van der Waals surface area contributed by atoms with E-state index in [0.29, 0.717) is 30.3 Å². The molecule has 0 spiro atoms. The molecule has 4 aromatic rings. The predicted octanol–water partition coefficient (Wildman–Crippen LogP) is 5.99. The van der Waals surface area contributed by atoms with E-state index in [0.717, 1.165) is 47.9 Å². The molecular formula is C31H33ClN4O2. The smallest absolute Gasteiger partial charge is 0.253 e. The first-order valence-corrected chi connectivity index (χ1v) is 13.4. The van der Waals surface area contributed by atoms with Crippen molar-refractivity contribution in [1.29, 1.82) is 0 Å². The van der Waals surface area contributed by atoms with Crippen molar-refractivity contribution in [3.05, 3.63) is 111 Å². The number of benzene rings is 3. The molecule has 0 radical (unpaired) electrons. The quantitative estimate of drug-likeness (QED) is 0.296. The van der Waals surface area contributed by atoms with E-state index in [4.69, 9.17) is 21.4 Å². The van der Waals surface area contributed by atoms with Crippen LogP contribution in [0.3, 0.4) is 0 Å². The number of hydrogen-bond donors (Lipinski definition) is 0. The highest BCUT2D eigenvalue weighted by Crippen LogP contribution is 2.24. The zero-order chi connectivity index (χ0) is 26.6. The van der Waals surface area contributed by atoms with Gasteiger partial charge in [-0.05, 0) is 74.4 Å². The van der Waals surface area contributed by atoms with Crippen molar-refractivity contribution < 1.29 is 9.53 Å². The van der Waals surface area contributed by atoms with Crippen molar-refractivity contribution in [2.24, 2.45) is 0 Å². The van der Waals surface area contributed by atoms with Gasteiger partial charge in [-0.2, -0.15) is 5.10 Å². The predicted molar refractivity (Wildman–Crippen MR) is 151 cm³/mol. The van der Waals surface area contributed by atoms with Crippen LogP contribution in [0.5, 0.6) is 5.75 Å². The molecule has 7 heteroatoms. The van der Waals surface area contributed by atoms with Gasteiger partial charge in [0, 0.05) is 54.6 Å². The van der Waals surface area contributed by atoms with E-state index >= 15 is 0 Å². The number of carbonyl (C=O) groups excluding carboxylic acids is 1. The van der Waals surface area contributed by atoms with Crippen LogP contribution in [0.25, 0.3) is 5.69 Å². The molecule has 6 nitrogen and oxygen atoms in total. The van der Waals surface area contributed by atoms with Crippen LogP contribution < -0.4 is 4.74 Å². The largest absolute Gasteiger partial charge is 0.489 e. The Hall–Kier alpha value is -3.61. The third-order valence-corrected chi connectivity index (χ3v) is 7.42. The van der Waals surface area contributed by atoms with Crippen LogP contribution >= 0.6 is 11.6 Å². The van der Waals surface area contributed by atoms with E-state index in [1.807, 2.05) is 77.2 Å². The molecule has 0 atom stereocenters. The van der Waals surface area contributed by atoms with Gasteiger partial charge >= 0.3 is 0 Å². The summed E-state index contributed by atoms with van der Waals surface area (Å²) >= 11 is 6.05. The lowest BCUT2D eigenvalue weighted by atomic mass is 10.1. The van der Waals surface area contributed by atoms with Crippen molar-refractivity contribution in [1.82, 2.24) is 19.6 Å². The highest BCUT2D eigenvalue weighted by molar-refractivity contribution is 6.30. The fraction of sp³-hybridized carbons (Fsp3) is 0.290. The molecule has 2 heterocycles. The normalized spacial score (nSPS) is 14.1. The second-order valence-electron chi connectivity index (χ2n) is 9.86. The summed E-state index contributed by atoms with van der Waals surface area (Å²) in [5.41, 5.74) is 7.20. The molecule has 1 amide bonds. The van der Waals surface area contributed by atoms with E-state index in [1.165, 1.54) is 11.3 Å². The second-order valence-corrected chi connectivity index (χ2v) is 10.3. The number of piperazine rings is 1. The van der Waals surface area contributed by atoms with Crippen molar-refractivity contribution in [2.75, 3.05) is 26.2 Å². The van der Waals surface area contributed by atoms with Crippen molar-refractivity contribution in [3.8, 4) is 11.4 Å². The van der Waals surface area contributed by atoms with Crippen LogP contribution in [0.4, 0.5) is 0 Å². The summed E-state index contributed by atoms with van der Waals surface area (Å²) in [7, 11) is 0. The first-order valence-electron chi connectivity index (χ1n) is 13.0. The number of nitrogens with zero attached hydrogens (tertiary/aromatic N) is 4. The first-order chi connectivity index (χ1) is 18.4. The second kappa shape index (κ2) is 11.4. The highest BCUT2D eigenvalue weighted by atomic mass is 35.5. The Kier molecular flexibility index (Phi) is 7.82. The van der Waals surface area contributed by atoms with Gasteiger partial charge < -0.3 is 9.64 Å². The maximum atomic E-state index is 13.3. The van der Waals surface area contributed by atoms with Gasteiger partial charge in [0.05, 0.1) is 11.4 Å². The Morgan fingerprint density at radius 1 is 0.921 bits per heavy atom. The lowest BCUT2D eigenvalue weighted by Gasteiger charge is -2.35. The lowest BCUT2D eigenvalue weighted by Crippen LogP contribution is -2.48. The summed E-state index contributed by atoms with van der Waals surface area (Å²) in [6.45, 7) is 10.5. The number of ether oxygens (including phenoxy) is 1. The van der Waals surface area contributed by atoms with E-state index in [2.05, 4.69) is 30.9 Å². The molecule has 38 heavy (non-hydrogen) atoms. The van der Waals surface area contributed by atoms with Crippen LogP contribution in [0.15, 0.2) is 72.8 Å². The summed E-state index contributed by atoms with van der Waals surface area (Å²) in [5.74, 6) is 0.862. The van der Waals surface area contributed by atoms with E-state index in [9.17, 15) is 4.79 Å². The average Bonchev–Trinajstić information content (AvgIpc) is 3.21. The fourth-order valence-corrected chi connectivity index (χ4v) is 5.20. The molecule has 0 unspecified atom stereocenters. The van der Waals surface area contributed by atoms with Gasteiger partial charge in [0.2, 0.25) is 0 Å². The Bertz CT molecular complexity index is 1430. The Labute approximate surface area is 229 Å². The minimum absolute atomic E-state index is 0.0680. The molecule has 1 aliphatic rings. The van der Waals surface area contributed by atoms with Gasteiger partial charge in [-0.25, -0.2) is 4.68 Å². The zero-order valence-corrected chi connectivity index (χ0v) is 22.9. The molecule has 1 aromatic heterocycles. The minimum Gasteiger partial charge on any atom is -0.489 e. The number of halogens is 1. The van der Waals surface area contributed by atoms with Crippen LogP contribution in [0.1, 0.15) is 38.4 Å².